The van der Waals surface area contributed by atoms with Crippen LogP contribution in [0.1, 0.15) is 27.9 Å². The average Bonchev–Trinajstić information content (AvgIpc) is 2.46. The first-order chi connectivity index (χ1) is 9.20. The Kier molecular flexibility index (Phi) is 4.52. The van der Waals surface area contributed by atoms with E-state index in [1.165, 1.54) is 11.1 Å². The number of benzene rings is 1. The first kappa shape index (κ1) is 13.5. The summed E-state index contributed by atoms with van der Waals surface area (Å²) in [6.07, 6.45) is 1.31. The quantitative estimate of drug-likeness (QED) is 0.725. The predicted octanol–water partition coefficient (Wildman–Crippen LogP) is 0.198. The highest BCUT2D eigenvalue weighted by molar-refractivity contribution is 5.94. The van der Waals surface area contributed by atoms with E-state index in [9.17, 15) is 9.59 Å². The van der Waals surface area contributed by atoms with Gasteiger partial charge >= 0.3 is 0 Å². The highest BCUT2D eigenvalue weighted by Crippen LogP contribution is 2.15. The molecule has 5 heteroatoms. The second-order valence-electron chi connectivity index (χ2n) is 4.59. The molecule has 0 fully saturated rings. The standard InChI is InChI=1S/C14H19N3O2/c1-15-13(18)5-7-17-14(19)11-3-2-10-4-6-16-9-12(10)8-11/h2-3,8,16H,4-7,9H2,1H3,(H,15,18)(H,17,19). The lowest BCUT2D eigenvalue weighted by atomic mass is 9.98. The Bertz CT molecular complexity index is 486. The Morgan fingerprint density at radius 3 is 2.95 bits per heavy atom. The monoisotopic (exact) mass is 261 g/mol. The van der Waals surface area contributed by atoms with Gasteiger partial charge in [-0.2, -0.15) is 0 Å². The van der Waals surface area contributed by atoms with Crippen molar-refractivity contribution in [2.75, 3.05) is 20.1 Å². The third kappa shape index (κ3) is 3.54. The Balaban J connectivity index is 1.94. The molecule has 1 aliphatic heterocycles. The maximum atomic E-state index is 11.9. The number of amides is 2. The normalized spacial score (nSPS) is 13.5. The fourth-order valence-electron chi connectivity index (χ4n) is 2.14. The van der Waals surface area contributed by atoms with Gasteiger partial charge in [-0.25, -0.2) is 0 Å². The summed E-state index contributed by atoms with van der Waals surface area (Å²) in [5.74, 6) is -0.202. The molecule has 5 nitrogen and oxygen atoms in total. The molecular formula is C14H19N3O2. The van der Waals surface area contributed by atoms with Crippen LogP contribution in [-0.2, 0) is 17.8 Å². The lowest BCUT2D eigenvalue weighted by molar-refractivity contribution is -0.120. The van der Waals surface area contributed by atoms with Crippen LogP contribution < -0.4 is 16.0 Å². The summed E-state index contributed by atoms with van der Waals surface area (Å²) in [4.78, 5) is 23.0. The SMILES string of the molecule is CNC(=O)CCNC(=O)c1ccc2c(c1)CNCC2. The van der Waals surface area contributed by atoms with Crippen molar-refractivity contribution in [3.63, 3.8) is 0 Å². The lowest BCUT2D eigenvalue weighted by Gasteiger charge is -2.17. The van der Waals surface area contributed by atoms with Gasteiger partial charge in [0.25, 0.3) is 5.91 Å². The highest BCUT2D eigenvalue weighted by atomic mass is 16.2. The van der Waals surface area contributed by atoms with Crippen LogP contribution in [-0.4, -0.2) is 32.0 Å². The highest BCUT2D eigenvalue weighted by Gasteiger charge is 2.12. The molecule has 1 aromatic carbocycles. The molecule has 19 heavy (non-hydrogen) atoms. The molecule has 0 atom stereocenters. The van der Waals surface area contributed by atoms with E-state index in [0.717, 1.165) is 19.5 Å². The van der Waals surface area contributed by atoms with Gasteiger partial charge in [0.2, 0.25) is 5.91 Å². The minimum absolute atomic E-state index is 0.0741. The molecule has 0 spiro atoms. The van der Waals surface area contributed by atoms with Crippen molar-refractivity contribution in [3.8, 4) is 0 Å². The number of nitrogens with one attached hydrogen (secondary N) is 3. The molecule has 2 rings (SSSR count). The van der Waals surface area contributed by atoms with E-state index >= 15 is 0 Å². The summed E-state index contributed by atoms with van der Waals surface area (Å²) < 4.78 is 0. The zero-order valence-electron chi connectivity index (χ0n) is 11.1. The van der Waals surface area contributed by atoms with Crippen LogP contribution in [0.4, 0.5) is 0 Å². The van der Waals surface area contributed by atoms with Gasteiger partial charge in [0, 0.05) is 32.1 Å². The Labute approximate surface area is 112 Å². The second kappa shape index (κ2) is 6.33. The third-order valence-corrected chi connectivity index (χ3v) is 3.27. The zero-order chi connectivity index (χ0) is 13.7. The number of carbonyl (C=O) groups is 2. The van der Waals surface area contributed by atoms with E-state index in [0.29, 0.717) is 18.5 Å². The van der Waals surface area contributed by atoms with E-state index in [4.69, 9.17) is 0 Å². The van der Waals surface area contributed by atoms with Crippen molar-refractivity contribution in [1.82, 2.24) is 16.0 Å². The first-order valence-corrected chi connectivity index (χ1v) is 6.52. The molecule has 0 bridgehead atoms. The summed E-state index contributed by atoms with van der Waals surface area (Å²) in [6, 6.07) is 5.79. The van der Waals surface area contributed by atoms with Gasteiger partial charge in [0.05, 0.1) is 0 Å². The molecule has 0 aliphatic carbocycles. The van der Waals surface area contributed by atoms with Crippen LogP contribution in [0.5, 0.6) is 0 Å². The molecule has 1 heterocycles. The van der Waals surface area contributed by atoms with Gasteiger partial charge in [-0.05, 0) is 36.2 Å². The van der Waals surface area contributed by atoms with Gasteiger partial charge in [-0.15, -0.1) is 0 Å². The Morgan fingerprint density at radius 1 is 1.32 bits per heavy atom. The molecule has 2 amide bonds. The maximum absolute atomic E-state index is 11.9. The molecular weight excluding hydrogens is 242 g/mol. The number of carbonyl (C=O) groups excluding carboxylic acids is 2. The van der Waals surface area contributed by atoms with Crippen molar-refractivity contribution in [3.05, 3.63) is 34.9 Å². The lowest BCUT2D eigenvalue weighted by Crippen LogP contribution is -2.29. The molecule has 0 saturated heterocycles. The molecule has 0 aromatic heterocycles. The summed E-state index contributed by atoms with van der Waals surface area (Å²) in [5.41, 5.74) is 3.14. The smallest absolute Gasteiger partial charge is 0.251 e. The molecule has 1 aromatic rings. The van der Waals surface area contributed by atoms with Crippen LogP contribution in [0.3, 0.4) is 0 Å². The van der Waals surface area contributed by atoms with Crippen molar-refractivity contribution >= 4 is 11.8 Å². The van der Waals surface area contributed by atoms with Crippen LogP contribution in [0.2, 0.25) is 0 Å². The predicted molar refractivity (Wildman–Crippen MR) is 72.9 cm³/mol. The van der Waals surface area contributed by atoms with E-state index in [2.05, 4.69) is 16.0 Å². The van der Waals surface area contributed by atoms with Gasteiger partial charge in [0.15, 0.2) is 0 Å². The molecule has 0 radical (unpaired) electrons. The van der Waals surface area contributed by atoms with Crippen molar-refractivity contribution < 1.29 is 9.59 Å². The molecule has 0 unspecified atom stereocenters. The fraction of sp³-hybridized carbons (Fsp3) is 0.429. The minimum atomic E-state index is -0.128. The van der Waals surface area contributed by atoms with Crippen LogP contribution in [0.25, 0.3) is 0 Å². The minimum Gasteiger partial charge on any atom is -0.359 e. The van der Waals surface area contributed by atoms with E-state index in [-0.39, 0.29) is 11.8 Å². The first-order valence-electron chi connectivity index (χ1n) is 6.52. The fourth-order valence-corrected chi connectivity index (χ4v) is 2.14. The number of rotatable bonds is 4. The summed E-state index contributed by atoms with van der Waals surface area (Å²) in [6.45, 7) is 2.16. The maximum Gasteiger partial charge on any atom is 0.251 e. The average molecular weight is 261 g/mol. The summed E-state index contributed by atoms with van der Waals surface area (Å²) >= 11 is 0. The van der Waals surface area contributed by atoms with Gasteiger partial charge in [0.1, 0.15) is 0 Å². The molecule has 102 valence electrons. The van der Waals surface area contributed by atoms with Crippen molar-refractivity contribution in [2.24, 2.45) is 0 Å². The third-order valence-electron chi connectivity index (χ3n) is 3.27. The molecule has 0 saturated carbocycles. The second-order valence-corrected chi connectivity index (χ2v) is 4.59. The topological polar surface area (TPSA) is 70.2 Å². The van der Waals surface area contributed by atoms with Gasteiger partial charge in [-0.3, -0.25) is 9.59 Å². The molecule has 1 aliphatic rings. The molecule has 3 N–H and O–H groups in total. The van der Waals surface area contributed by atoms with E-state index in [1.807, 2.05) is 18.2 Å². The van der Waals surface area contributed by atoms with E-state index in [1.54, 1.807) is 7.05 Å². The zero-order valence-corrected chi connectivity index (χ0v) is 11.1. The number of hydrogen-bond acceptors (Lipinski definition) is 3. The Morgan fingerprint density at radius 2 is 2.16 bits per heavy atom. The number of hydrogen-bond donors (Lipinski definition) is 3. The van der Waals surface area contributed by atoms with Crippen molar-refractivity contribution in [2.45, 2.75) is 19.4 Å². The summed E-state index contributed by atoms with van der Waals surface area (Å²) in [5, 5.41) is 8.56. The Hall–Kier alpha value is -1.88. The van der Waals surface area contributed by atoms with Gasteiger partial charge < -0.3 is 16.0 Å². The van der Waals surface area contributed by atoms with Crippen LogP contribution >= 0.6 is 0 Å². The summed E-state index contributed by atoms with van der Waals surface area (Å²) in [7, 11) is 1.58. The largest absolute Gasteiger partial charge is 0.359 e. The van der Waals surface area contributed by atoms with Crippen molar-refractivity contribution in [1.29, 1.82) is 0 Å². The van der Waals surface area contributed by atoms with Crippen LogP contribution in [0.15, 0.2) is 18.2 Å². The number of fused-ring (bicyclic) bond motifs is 1. The van der Waals surface area contributed by atoms with Crippen LogP contribution in [0, 0.1) is 0 Å². The van der Waals surface area contributed by atoms with E-state index < -0.39 is 0 Å². The van der Waals surface area contributed by atoms with Gasteiger partial charge in [-0.1, -0.05) is 6.07 Å².